The Morgan fingerprint density at radius 1 is 1.10 bits per heavy atom. The summed E-state index contributed by atoms with van der Waals surface area (Å²) in [5, 5.41) is 0. The summed E-state index contributed by atoms with van der Waals surface area (Å²) in [5.74, 6) is -0.530. The number of nitrogens with two attached hydrogens (primary N) is 1. The van der Waals surface area contributed by atoms with Crippen molar-refractivity contribution in [3.8, 4) is 0 Å². The summed E-state index contributed by atoms with van der Waals surface area (Å²) in [6, 6.07) is 7.23. The zero-order valence-corrected chi connectivity index (χ0v) is 12.3. The highest BCUT2D eigenvalue weighted by Crippen LogP contribution is 2.21. The van der Waals surface area contributed by atoms with Gasteiger partial charge in [0.05, 0.1) is 5.75 Å². The van der Waals surface area contributed by atoms with E-state index in [0.717, 1.165) is 17.5 Å². The van der Waals surface area contributed by atoms with Crippen molar-refractivity contribution in [1.82, 2.24) is 4.72 Å². The molecular formula is C13H19F3N2O2S. The lowest BCUT2D eigenvalue weighted by molar-refractivity contribution is -0.134. The van der Waals surface area contributed by atoms with Crippen LogP contribution in [-0.2, 0) is 23.0 Å². The highest BCUT2D eigenvalue weighted by Gasteiger charge is 2.27. The van der Waals surface area contributed by atoms with Crippen LogP contribution >= 0.6 is 0 Å². The minimum absolute atomic E-state index is 0.0667. The Morgan fingerprint density at radius 2 is 1.67 bits per heavy atom. The first kappa shape index (κ1) is 17.9. The SMILES string of the molecule is NCCc1ccc(CNS(=O)(=O)CCCC(F)(F)F)cc1. The molecule has 4 nitrogen and oxygen atoms in total. The summed E-state index contributed by atoms with van der Waals surface area (Å²) >= 11 is 0. The normalized spacial score (nSPS) is 12.6. The lowest BCUT2D eigenvalue weighted by Crippen LogP contribution is -2.26. The van der Waals surface area contributed by atoms with Gasteiger partial charge in [0, 0.05) is 13.0 Å². The average Bonchev–Trinajstić information content (AvgIpc) is 2.36. The third-order valence-electron chi connectivity index (χ3n) is 2.83. The van der Waals surface area contributed by atoms with Gasteiger partial charge in [-0.25, -0.2) is 13.1 Å². The highest BCUT2D eigenvalue weighted by molar-refractivity contribution is 7.89. The summed E-state index contributed by atoms with van der Waals surface area (Å²) in [4.78, 5) is 0. The van der Waals surface area contributed by atoms with Crippen LogP contribution in [0.2, 0.25) is 0 Å². The largest absolute Gasteiger partial charge is 0.389 e. The van der Waals surface area contributed by atoms with Gasteiger partial charge >= 0.3 is 6.18 Å². The number of nitrogens with one attached hydrogen (secondary N) is 1. The van der Waals surface area contributed by atoms with Crippen molar-refractivity contribution in [2.24, 2.45) is 5.73 Å². The zero-order chi connectivity index (χ0) is 15.9. The lowest BCUT2D eigenvalue weighted by Gasteiger charge is -2.09. The van der Waals surface area contributed by atoms with E-state index in [4.69, 9.17) is 5.73 Å². The third-order valence-corrected chi connectivity index (χ3v) is 4.24. The van der Waals surface area contributed by atoms with Crippen LogP contribution in [0.1, 0.15) is 24.0 Å². The fourth-order valence-corrected chi connectivity index (χ4v) is 2.77. The molecule has 120 valence electrons. The summed E-state index contributed by atoms with van der Waals surface area (Å²) in [6.07, 6.45) is -5.12. The monoisotopic (exact) mass is 324 g/mol. The first-order chi connectivity index (χ1) is 9.72. The van der Waals surface area contributed by atoms with Crippen molar-refractivity contribution in [2.45, 2.75) is 32.0 Å². The molecule has 0 aliphatic heterocycles. The van der Waals surface area contributed by atoms with Gasteiger partial charge in [-0.3, -0.25) is 0 Å². The molecule has 0 heterocycles. The van der Waals surface area contributed by atoms with E-state index in [1.807, 2.05) is 12.1 Å². The Morgan fingerprint density at radius 3 is 2.19 bits per heavy atom. The molecule has 1 aromatic rings. The minimum atomic E-state index is -4.33. The molecule has 0 atom stereocenters. The van der Waals surface area contributed by atoms with Gasteiger partial charge in [0.2, 0.25) is 10.0 Å². The van der Waals surface area contributed by atoms with E-state index in [9.17, 15) is 21.6 Å². The van der Waals surface area contributed by atoms with Crippen molar-refractivity contribution in [1.29, 1.82) is 0 Å². The van der Waals surface area contributed by atoms with E-state index in [2.05, 4.69) is 4.72 Å². The van der Waals surface area contributed by atoms with E-state index in [0.29, 0.717) is 6.54 Å². The lowest BCUT2D eigenvalue weighted by atomic mass is 10.1. The fraction of sp³-hybridized carbons (Fsp3) is 0.538. The zero-order valence-electron chi connectivity index (χ0n) is 11.5. The van der Waals surface area contributed by atoms with Gasteiger partial charge in [0.15, 0.2) is 0 Å². The molecule has 0 unspecified atom stereocenters. The molecule has 0 aliphatic carbocycles. The second-order valence-electron chi connectivity index (χ2n) is 4.71. The molecule has 3 N–H and O–H groups in total. The molecule has 1 rings (SSSR count). The van der Waals surface area contributed by atoms with Crippen LogP contribution in [0.15, 0.2) is 24.3 Å². The van der Waals surface area contributed by atoms with Crippen LogP contribution in [0.4, 0.5) is 13.2 Å². The molecular weight excluding hydrogens is 305 g/mol. The number of rotatable bonds is 8. The van der Waals surface area contributed by atoms with Crippen molar-refractivity contribution in [3.05, 3.63) is 35.4 Å². The standard InChI is InChI=1S/C13H19F3N2O2S/c14-13(15,16)7-1-9-21(19,20)18-10-12-4-2-11(3-5-12)6-8-17/h2-5,18H,1,6-10,17H2. The predicted octanol–water partition coefficient (Wildman–Crippen LogP) is 1.95. The van der Waals surface area contributed by atoms with Gasteiger partial charge < -0.3 is 5.73 Å². The Balaban J connectivity index is 2.42. The second kappa shape index (κ2) is 7.77. The van der Waals surface area contributed by atoms with Gasteiger partial charge in [-0.1, -0.05) is 24.3 Å². The molecule has 0 aliphatic rings. The predicted molar refractivity (Wildman–Crippen MR) is 75.1 cm³/mol. The topological polar surface area (TPSA) is 72.2 Å². The van der Waals surface area contributed by atoms with Crippen LogP contribution in [0.5, 0.6) is 0 Å². The Hall–Kier alpha value is -1.12. The molecule has 0 amide bonds. The smallest absolute Gasteiger partial charge is 0.330 e. The number of benzene rings is 1. The van der Waals surface area contributed by atoms with E-state index in [1.54, 1.807) is 12.1 Å². The molecule has 0 saturated heterocycles. The third kappa shape index (κ3) is 8.03. The van der Waals surface area contributed by atoms with Crippen LogP contribution in [0.3, 0.4) is 0 Å². The molecule has 1 aromatic carbocycles. The van der Waals surface area contributed by atoms with E-state index in [1.165, 1.54) is 0 Å². The Bertz CT molecular complexity index is 527. The molecule has 0 fully saturated rings. The Labute approximate surface area is 122 Å². The fourth-order valence-electron chi connectivity index (χ4n) is 1.72. The molecule has 0 bridgehead atoms. The van der Waals surface area contributed by atoms with Crippen LogP contribution in [0.25, 0.3) is 0 Å². The van der Waals surface area contributed by atoms with Gasteiger partial charge in [-0.05, 0) is 30.5 Å². The highest BCUT2D eigenvalue weighted by atomic mass is 32.2. The van der Waals surface area contributed by atoms with Crippen LogP contribution in [-0.4, -0.2) is 26.9 Å². The van der Waals surface area contributed by atoms with Crippen molar-refractivity contribution in [3.63, 3.8) is 0 Å². The number of hydrogen-bond acceptors (Lipinski definition) is 3. The maximum Gasteiger partial charge on any atom is 0.389 e. The second-order valence-corrected chi connectivity index (χ2v) is 6.64. The van der Waals surface area contributed by atoms with Crippen LogP contribution < -0.4 is 10.5 Å². The molecule has 0 aromatic heterocycles. The van der Waals surface area contributed by atoms with Crippen LogP contribution in [0, 0.1) is 0 Å². The first-order valence-corrected chi connectivity index (χ1v) is 8.19. The van der Waals surface area contributed by atoms with Crippen molar-refractivity contribution < 1.29 is 21.6 Å². The summed E-state index contributed by atoms with van der Waals surface area (Å²) in [6.45, 7) is 0.600. The molecule has 0 radical (unpaired) electrons. The summed E-state index contributed by atoms with van der Waals surface area (Å²) in [7, 11) is -3.69. The quantitative estimate of drug-likeness (QED) is 0.768. The number of halogens is 3. The number of sulfonamides is 1. The van der Waals surface area contributed by atoms with Gasteiger partial charge in [-0.2, -0.15) is 13.2 Å². The van der Waals surface area contributed by atoms with Gasteiger partial charge in [0.25, 0.3) is 0 Å². The van der Waals surface area contributed by atoms with E-state index >= 15 is 0 Å². The molecule has 0 spiro atoms. The van der Waals surface area contributed by atoms with E-state index in [-0.39, 0.29) is 6.54 Å². The maximum absolute atomic E-state index is 12.0. The van der Waals surface area contributed by atoms with E-state index < -0.39 is 34.8 Å². The van der Waals surface area contributed by atoms with Crippen molar-refractivity contribution in [2.75, 3.05) is 12.3 Å². The average molecular weight is 324 g/mol. The molecule has 0 saturated carbocycles. The summed E-state index contributed by atoms with van der Waals surface area (Å²) in [5.41, 5.74) is 7.22. The molecule has 21 heavy (non-hydrogen) atoms. The summed E-state index contributed by atoms with van der Waals surface area (Å²) < 4.78 is 61.3. The number of hydrogen-bond donors (Lipinski definition) is 2. The first-order valence-electron chi connectivity index (χ1n) is 6.54. The minimum Gasteiger partial charge on any atom is -0.330 e. The maximum atomic E-state index is 12.0. The Kier molecular flexibility index (Phi) is 6.63. The molecule has 8 heteroatoms. The van der Waals surface area contributed by atoms with Gasteiger partial charge in [-0.15, -0.1) is 0 Å². The number of alkyl halides is 3. The van der Waals surface area contributed by atoms with Crippen molar-refractivity contribution >= 4 is 10.0 Å². The van der Waals surface area contributed by atoms with Gasteiger partial charge in [0.1, 0.15) is 0 Å².